The topological polar surface area (TPSA) is 72.7 Å². The zero-order valence-electron chi connectivity index (χ0n) is 17.2. The minimum Gasteiger partial charge on any atom is -0.495 e. The molecule has 1 unspecified atom stereocenters. The highest BCUT2D eigenvalue weighted by Gasteiger charge is 2.25. The fourth-order valence-corrected chi connectivity index (χ4v) is 3.54. The van der Waals surface area contributed by atoms with Gasteiger partial charge >= 0.3 is 0 Å². The second kappa shape index (κ2) is 11.9. The lowest BCUT2D eigenvalue weighted by Gasteiger charge is -2.22. The van der Waals surface area contributed by atoms with Gasteiger partial charge < -0.3 is 20.3 Å². The first-order valence-corrected chi connectivity index (χ1v) is 10.1. The second-order valence-corrected chi connectivity index (χ2v) is 7.33. The summed E-state index contributed by atoms with van der Waals surface area (Å²) >= 11 is 6.19. The summed E-state index contributed by atoms with van der Waals surface area (Å²) < 4.78 is 5.49. The minimum absolute atomic E-state index is 0. The van der Waals surface area contributed by atoms with Crippen molar-refractivity contribution in [2.75, 3.05) is 31.6 Å². The molecule has 0 radical (unpaired) electrons. The second-order valence-electron chi connectivity index (χ2n) is 6.90. The van der Waals surface area contributed by atoms with E-state index < -0.39 is 0 Å². The van der Waals surface area contributed by atoms with Gasteiger partial charge in [0.2, 0.25) is 0 Å². The molecule has 8 heteroatoms. The standard InChI is InChI=1S/C22H26ClN5O.HI/c1-3-25-22(26-14-17-6-4-16(13-24)5-7-17)27-19-10-11-28(15-19)20-12-18(23)8-9-21(20)29-2;/h4-9,12,19H,3,10-11,14-15H2,1-2H3,(H2,25,26,27);1H. The predicted molar refractivity (Wildman–Crippen MR) is 133 cm³/mol. The molecule has 0 aromatic heterocycles. The van der Waals surface area contributed by atoms with Crippen LogP contribution in [0.25, 0.3) is 0 Å². The number of anilines is 1. The summed E-state index contributed by atoms with van der Waals surface area (Å²) in [5.74, 6) is 1.62. The molecule has 0 spiro atoms. The lowest BCUT2D eigenvalue weighted by atomic mass is 10.1. The zero-order chi connectivity index (χ0) is 20.6. The number of nitriles is 1. The highest BCUT2D eigenvalue weighted by atomic mass is 127. The van der Waals surface area contributed by atoms with Gasteiger partial charge in [-0.1, -0.05) is 23.7 Å². The minimum atomic E-state index is 0. The first-order chi connectivity index (χ1) is 14.1. The molecule has 2 aromatic carbocycles. The molecule has 0 amide bonds. The fraction of sp³-hybridized carbons (Fsp3) is 0.364. The third-order valence-electron chi connectivity index (χ3n) is 4.86. The third kappa shape index (κ3) is 6.41. The maximum absolute atomic E-state index is 8.91. The smallest absolute Gasteiger partial charge is 0.191 e. The Balaban J connectivity index is 0.00000320. The Morgan fingerprint density at radius 3 is 2.73 bits per heavy atom. The number of halogens is 2. The Kier molecular flexibility index (Phi) is 9.53. The van der Waals surface area contributed by atoms with E-state index in [9.17, 15) is 0 Å². The molecule has 1 heterocycles. The molecule has 0 saturated carbocycles. The van der Waals surface area contributed by atoms with Gasteiger partial charge in [0.15, 0.2) is 5.96 Å². The number of hydrogen-bond donors (Lipinski definition) is 2. The molecular formula is C22H27ClIN5O. The van der Waals surface area contributed by atoms with Crippen LogP contribution in [0.15, 0.2) is 47.5 Å². The van der Waals surface area contributed by atoms with Crippen molar-refractivity contribution in [2.24, 2.45) is 4.99 Å². The van der Waals surface area contributed by atoms with E-state index in [0.29, 0.717) is 17.1 Å². The van der Waals surface area contributed by atoms with Crippen molar-refractivity contribution >= 4 is 47.2 Å². The van der Waals surface area contributed by atoms with Crippen molar-refractivity contribution in [3.05, 3.63) is 58.6 Å². The van der Waals surface area contributed by atoms with Crippen LogP contribution in [-0.4, -0.2) is 38.7 Å². The van der Waals surface area contributed by atoms with Crippen molar-refractivity contribution < 1.29 is 4.74 Å². The van der Waals surface area contributed by atoms with E-state index in [1.807, 2.05) is 42.5 Å². The largest absolute Gasteiger partial charge is 0.495 e. The monoisotopic (exact) mass is 539 g/mol. The predicted octanol–water partition coefficient (Wildman–Crippen LogP) is 4.17. The number of guanidine groups is 1. The molecule has 2 N–H and O–H groups in total. The Bertz CT molecular complexity index is 897. The summed E-state index contributed by atoms with van der Waals surface area (Å²) in [6.45, 7) is 5.16. The van der Waals surface area contributed by atoms with Crippen LogP contribution in [0.2, 0.25) is 5.02 Å². The van der Waals surface area contributed by atoms with Gasteiger partial charge in [-0.2, -0.15) is 5.26 Å². The molecule has 0 aliphatic carbocycles. The Morgan fingerprint density at radius 1 is 1.30 bits per heavy atom. The Labute approximate surface area is 200 Å². The van der Waals surface area contributed by atoms with E-state index in [2.05, 4.69) is 28.5 Å². The normalized spacial score (nSPS) is 15.9. The van der Waals surface area contributed by atoms with Gasteiger partial charge in [-0.15, -0.1) is 24.0 Å². The van der Waals surface area contributed by atoms with Crippen molar-refractivity contribution in [3.8, 4) is 11.8 Å². The summed E-state index contributed by atoms with van der Waals surface area (Å²) in [5.41, 5.74) is 2.74. The number of rotatable bonds is 6. The van der Waals surface area contributed by atoms with Crippen LogP contribution in [0.4, 0.5) is 5.69 Å². The fourth-order valence-electron chi connectivity index (χ4n) is 3.38. The molecule has 30 heavy (non-hydrogen) atoms. The average molecular weight is 540 g/mol. The van der Waals surface area contributed by atoms with E-state index in [1.54, 1.807) is 7.11 Å². The molecule has 1 fully saturated rings. The van der Waals surface area contributed by atoms with E-state index in [4.69, 9.17) is 26.6 Å². The van der Waals surface area contributed by atoms with E-state index in [0.717, 1.165) is 49.0 Å². The third-order valence-corrected chi connectivity index (χ3v) is 5.09. The molecule has 1 atom stereocenters. The molecule has 1 aliphatic heterocycles. The summed E-state index contributed by atoms with van der Waals surface area (Å²) in [7, 11) is 1.68. The van der Waals surface area contributed by atoms with Crippen LogP contribution in [0.3, 0.4) is 0 Å². The van der Waals surface area contributed by atoms with Crippen LogP contribution in [0, 0.1) is 11.3 Å². The number of benzene rings is 2. The lowest BCUT2D eigenvalue weighted by Crippen LogP contribution is -2.44. The zero-order valence-corrected chi connectivity index (χ0v) is 20.3. The number of methoxy groups -OCH3 is 1. The molecule has 1 saturated heterocycles. The van der Waals surface area contributed by atoms with Crippen LogP contribution in [0.1, 0.15) is 24.5 Å². The number of ether oxygens (including phenoxy) is 1. The van der Waals surface area contributed by atoms with Crippen molar-refractivity contribution in [1.29, 1.82) is 5.26 Å². The SMILES string of the molecule is CCNC(=NCc1ccc(C#N)cc1)NC1CCN(c2cc(Cl)ccc2OC)C1.I. The van der Waals surface area contributed by atoms with Crippen LogP contribution in [0.5, 0.6) is 5.75 Å². The highest BCUT2D eigenvalue weighted by molar-refractivity contribution is 14.0. The first kappa shape index (κ1) is 24.1. The van der Waals surface area contributed by atoms with Gasteiger partial charge in [-0.05, 0) is 49.2 Å². The van der Waals surface area contributed by atoms with Gasteiger partial charge in [0.1, 0.15) is 5.75 Å². The molecule has 0 bridgehead atoms. The summed E-state index contributed by atoms with van der Waals surface area (Å²) in [6.07, 6.45) is 0.997. The quantitative estimate of drug-likeness (QED) is 0.328. The molecule has 1 aliphatic rings. The number of aliphatic imine (C=N–C) groups is 1. The first-order valence-electron chi connectivity index (χ1n) is 9.75. The maximum Gasteiger partial charge on any atom is 0.191 e. The van der Waals surface area contributed by atoms with Crippen molar-refractivity contribution in [3.63, 3.8) is 0 Å². The Hall–Kier alpha value is -2.18. The average Bonchev–Trinajstić information content (AvgIpc) is 3.21. The van der Waals surface area contributed by atoms with E-state index in [1.165, 1.54) is 0 Å². The van der Waals surface area contributed by atoms with Gasteiger partial charge in [0.05, 0.1) is 31.0 Å². The van der Waals surface area contributed by atoms with Crippen molar-refractivity contribution in [2.45, 2.75) is 25.9 Å². The van der Waals surface area contributed by atoms with Gasteiger partial charge in [-0.3, -0.25) is 0 Å². The molecular weight excluding hydrogens is 513 g/mol. The summed E-state index contributed by atoms with van der Waals surface area (Å²) in [6, 6.07) is 15.6. The lowest BCUT2D eigenvalue weighted by molar-refractivity contribution is 0.415. The van der Waals surface area contributed by atoms with Crippen LogP contribution < -0.4 is 20.3 Å². The Morgan fingerprint density at radius 2 is 2.07 bits per heavy atom. The molecule has 3 rings (SSSR count). The van der Waals surface area contributed by atoms with Crippen LogP contribution >= 0.6 is 35.6 Å². The summed E-state index contributed by atoms with van der Waals surface area (Å²) in [5, 5.41) is 16.5. The number of nitrogens with zero attached hydrogens (tertiary/aromatic N) is 3. The molecule has 6 nitrogen and oxygen atoms in total. The van der Waals surface area contributed by atoms with Crippen LogP contribution in [-0.2, 0) is 6.54 Å². The van der Waals surface area contributed by atoms with Gasteiger partial charge in [0, 0.05) is 30.7 Å². The number of hydrogen-bond acceptors (Lipinski definition) is 4. The van der Waals surface area contributed by atoms with E-state index >= 15 is 0 Å². The number of nitrogens with one attached hydrogen (secondary N) is 2. The molecule has 160 valence electrons. The molecule has 2 aromatic rings. The maximum atomic E-state index is 8.91. The van der Waals surface area contributed by atoms with Gasteiger partial charge in [0.25, 0.3) is 0 Å². The van der Waals surface area contributed by atoms with E-state index in [-0.39, 0.29) is 30.0 Å². The summed E-state index contributed by atoms with van der Waals surface area (Å²) in [4.78, 5) is 6.98. The van der Waals surface area contributed by atoms with Gasteiger partial charge in [-0.25, -0.2) is 4.99 Å². The highest BCUT2D eigenvalue weighted by Crippen LogP contribution is 2.33. The van der Waals surface area contributed by atoms with Crippen molar-refractivity contribution in [1.82, 2.24) is 10.6 Å².